The Bertz CT molecular complexity index is 908. The number of carbonyl (C=O) groups is 4. The van der Waals surface area contributed by atoms with E-state index in [2.05, 4.69) is 10.6 Å². The maximum Gasteiger partial charge on any atom is 0.251 e. The fraction of sp³-hybridized carbons (Fsp3) is 0.615. The summed E-state index contributed by atoms with van der Waals surface area (Å²) in [5.41, 5.74) is 1.37. The van der Waals surface area contributed by atoms with E-state index in [1.54, 1.807) is 10.4 Å². The molecule has 4 amide bonds. The molecule has 0 aromatic heterocycles. The van der Waals surface area contributed by atoms with E-state index >= 15 is 0 Å². The zero-order valence-electron chi connectivity index (χ0n) is 21.6. The van der Waals surface area contributed by atoms with Crippen LogP contribution in [-0.2, 0) is 14.4 Å². The van der Waals surface area contributed by atoms with Crippen LogP contribution in [0.25, 0.3) is 0 Å². The number of unbranched alkanes of at least 4 members (excludes halogenated alkanes) is 1. The predicted molar refractivity (Wildman–Crippen MR) is 132 cm³/mol. The molecule has 9 nitrogen and oxygen atoms in total. The maximum absolute atomic E-state index is 13.4. The number of carbonyl (C=O) groups excluding carboxylic acids is 4. The molecule has 0 spiro atoms. The van der Waals surface area contributed by atoms with Crippen molar-refractivity contribution in [1.29, 1.82) is 0 Å². The minimum atomic E-state index is -0.795. The molecule has 0 bridgehead atoms. The zero-order valence-corrected chi connectivity index (χ0v) is 21.6. The van der Waals surface area contributed by atoms with Crippen LogP contribution in [0.3, 0.4) is 0 Å². The monoisotopic (exact) mass is 506 g/mol. The number of halogens is 1. The molecule has 1 aromatic rings. The van der Waals surface area contributed by atoms with E-state index < -0.39 is 29.1 Å². The van der Waals surface area contributed by atoms with Gasteiger partial charge in [0.1, 0.15) is 11.9 Å². The lowest BCUT2D eigenvalue weighted by Crippen LogP contribution is -2.58. The third kappa shape index (κ3) is 8.58. The number of benzene rings is 1. The van der Waals surface area contributed by atoms with Crippen molar-refractivity contribution in [3.8, 4) is 0 Å². The van der Waals surface area contributed by atoms with Crippen molar-refractivity contribution in [1.82, 2.24) is 21.0 Å². The van der Waals surface area contributed by atoms with Crippen LogP contribution >= 0.6 is 0 Å². The second-order valence-corrected chi connectivity index (χ2v) is 10.5. The Morgan fingerprint density at radius 2 is 1.72 bits per heavy atom. The Morgan fingerprint density at radius 1 is 1.11 bits per heavy atom. The van der Waals surface area contributed by atoms with Crippen LogP contribution < -0.4 is 16.1 Å². The number of piperidine rings is 1. The van der Waals surface area contributed by atoms with Crippen molar-refractivity contribution >= 4 is 23.6 Å². The second kappa shape index (κ2) is 13.3. The molecule has 1 aromatic carbocycles. The van der Waals surface area contributed by atoms with E-state index in [0.29, 0.717) is 37.9 Å². The van der Waals surface area contributed by atoms with Gasteiger partial charge < -0.3 is 15.5 Å². The standard InChI is InChI=1S/C26H39FN4O5/c1-5-6-7-18(16-21(32)30-36)24(34)29-22(26(2,3)4)25(35)31-14-12-20(13-15-31)28-23(33)17-8-10-19(27)11-9-17/h8-11,18,20,22,36H,5-7,12-16H2,1-4H3,(H,28,33)(H,29,34)(H,30,32)/t18-,22-/m1/s1. The average molecular weight is 507 g/mol. The molecule has 2 rings (SSSR count). The van der Waals surface area contributed by atoms with Crippen LogP contribution in [0.1, 0.15) is 76.6 Å². The Kier molecular flexibility index (Phi) is 10.8. The van der Waals surface area contributed by atoms with Gasteiger partial charge >= 0.3 is 0 Å². The number of hydrogen-bond donors (Lipinski definition) is 4. The Morgan fingerprint density at radius 3 is 2.25 bits per heavy atom. The van der Waals surface area contributed by atoms with Crippen molar-refractivity contribution in [2.45, 2.75) is 78.3 Å². The second-order valence-electron chi connectivity index (χ2n) is 10.5. The van der Waals surface area contributed by atoms with Crippen molar-refractivity contribution in [3.05, 3.63) is 35.6 Å². The number of nitrogens with one attached hydrogen (secondary N) is 3. The van der Waals surface area contributed by atoms with E-state index in [0.717, 1.165) is 12.8 Å². The predicted octanol–water partition coefficient (Wildman–Crippen LogP) is 2.78. The number of likely N-dealkylation sites (tertiary alicyclic amines) is 1. The highest BCUT2D eigenvalue weighted by Crippen LogP contribution is 2.24. The Hall–Kier alpha value is -3.01. The van der Waals surface area contributed by atoms with E-state index in [1.807, 2.05) is 27.7 Å². The van der Waals surface area contributed by atoms with Gasteiger partial charge in [0.15, 0.2) is 0 Å². The Labute approximate surface area is 212 Å². The van der Waals surface area contributed by atoms with E-state index in [1.165, 1.54) is 24.3 Å². The minimum Gasteiger partial charge on any atom is -0.349 e. The highest BCUT2D eigenvalue weighted by molar-refractivity contribution is 5.94. The fourth-order valence-corrected chi connectivity index (χ4v) is 4.25. The van der Waals surface area contributed by atoms with Gasteiger partial charge in [-0.25, -0.2) is 9.87 Å². The average Bonchev–Trinajstić information content (AvgIpc) is 2.84. The van der Waals surface area contributed by atoms with Gasteiger partial charge in [-0.2, -0.15) is 0 Å². The summed E-state index contributed by atoms with van der Waals surface area (Å²) in [7, 11) is 0. The fourth-order valence-electron chi connectivity index (χ4n) is 4.25. The van der Waals surface area contributed by atoms with Crippen LogP contribution in [0.5, 0.6) is 0 Å². The van der Waals surface area contributed by atoms with Crippen LogP contribution in [-0.4, -0.2) is 58.9 Å². The van der Waals surface area contributed by atoms with Crippen molar-refractivity contribution < 1.29 is 28.8 Å². The van der Waals surface area contributed by atoms with E-state index in [9.17, 15) is 23.6 Å². The molecule has 2 atom stereocenters. The molecule has 0 saturated carbocycles. The molecule has 0 aliphatic carbocycles. The number of hydrogen-bond acceptors (Lipinski definition) is 5. The summed E-state index contributed by atoms with van der Waals surface area (Å²) in [6, 6.07) is 4.41. The van der Waals surface area contributed by atoms with Crippen molar-refractivity contribution in [3.63, 3.8) is 0 Å². The molecule has 1 heterocycles. The van der Waals surface area contributed by atoms with Crippen LogP contribution in [0, 0.1) is 17.2 Å². The summed E-state index contributed by atoms with van der Waals surface area (Å²) in [5.74, 6) is -2.59. The normalized spacial score (nSPS) is 16.1. The van der Waals surface area contributed by atoms with Crippen molar-refractivity contribution in [2.75, 3.05) is 13.1 Å². The molecule has 1 saturated heterocycles. The number of rotatable bonds is 10. The molecule has 1 aliphatic rings. The SMILES string of the molecule is CCCC[C@H](CC(=O)NO)C(=O)N[C@H](C(=O)N1CCC(NC(=O)c2ccc(F)cc2)CC1)C(C)(C)C. The molecule has 1 aliphatic heterocycles. The highest BCUT2D eigenvalue weighted by atomic mass is 19.1. The minimum absolute atomic E-state index is 0.121. The first kappa shape index (κ1) is 29.2. The van der Waals surface area contributed by atoms with Gasteiger partial charge in [-0.05, 0) is 48.9 Å². The van der Waals surface area contributed by atoms with Crippen molar-refractivity contribution in [2.24, 2.45) is 11.3 Å². The van der Waals surface area contributed by atoms with Crippen LogP contribution in [0.4, 0.5) is 4.39 Å². The lowest BCUT2D eigenvalue weighted by molar-refractivity contribution is -0.142. The molecule has 36 heavy (non-hydrogen) atoms. The zero-order chi connectivity index (χ0) is 26.9. The first-order chi connectivity index (χ1) is 17.0. The van der Waals surface area contributed by atoms with Gasteiger partial charge in [0.2, 0.25) is 17.7 Å². The summed E-state index contributed by atoms with van der Waals surface area (Å²) in [4.78, 5) is 52.3. The van der Waals surface area contributed by atoms with E-state index in [4.69, 9.17) is 5.21 Å². The first-order valence-electron chi connectivity index (χ1n) is 12.5. The highest BCUT2D eigenvalue weighted by Gasteiger charge is 2.38. The van der Waals surface area contributed by atoms with Gasteiger partial charge in [0.05, 0.1) is 0 Å². The molecule has 200 valence electrons. The third-order valence-electron chi connectivity index (χ3n) is 6.48. The topological polar surface area (TPSA) is 128 Å². The maximum atomic E-state index is 13.4. The van der Waals surface area contributed by atoms with Gasteiger partial charge in [0.25, 0.3) is 5.91 Å². The molecule has 1 fully saturated rings. The number of hydroxylamine groups is 1. The third-order valence-corrected chi connectivity index (χ3v) is 6.48. The lowest BCUT2D eigenvalue weighted by atomic mass is 9.84. The number of amides is 4. The molecular formula is C26H39FN4O5. The Balaban J connectivity index is 2.00. The molecule has 0 radical (unpaired) electrons. The number of nitrogens with zero attached hydrogens (tertiary/aromatic N) is 1. The summed E-state index contributed by atoms with van der Waals surface area (Å²) < 4.78 is 13.1. The summed E-state index contributed by atoms with van der Waals surface area (Å²) in [5, 5.41) is 14.7. The lowest BCUT2D eigenvalue weighted by Gasteiger charge is -2.39. The summed E-state index contributed by atoms with van der Waals surface area (Å²) >= 11 is 0. The largest absolute Gasteiger partial charge is 0.349 e. The first-order valence-corrected chi connectivity index (χ1v) is 12.5. The summed E-state index contributed by atoms with van der Waals surface area (Å²) in [6.07, 6.45) is 3.01. The molecule has 4 N–H and O–H groups in total. The smallest absolute Gasteiger partial charge is 0.251 e. The van der Waals surface area contributed by atoms with Gasteiger partial charge in [-0.3, -0.25) is 24.4 Å². The van der Waals surface area contributed by atoms with Crippen LogP contribution in [0.15, 0.2) is 24.3 Å². The van der Waals surface area contributed by atoms with Crippen LogP contribution in [0.2, 0.25) is 0 Å². The van der Waals surface area contributed by atoms with Gasteiger partial charge in [-0.15, -0.1) is 0 Å². The van der Waals surface area contributed by atoms with E-state index in [-0.39, 0.29) is 30.2 Å². The summed E-state index contributed by atoms with van der Waals surface area (Å²) in [6.45, 7) is 8.42. The quantitative estimate of drug-likeness (QED) is 0.287. The van der Waals surface area contributed by atoms with Gasteiger partial charge in [-0.1, -0.05) is 40.5 Å². The molecular weight excluding hydrogens is 467 g/mol. The molecule has 10 heteroatoms. The van der Waals surface area contributed by atoms with Gasteiger partial charge in [0, 0.05) is 37.0 Å². The molecule has 0 unspecified atom stereocenters.